The molecule has 1 aliphatic heterocycles. The van der Waals surface area contributed by atoms with Gasteiger partial charge in [0.2, 0.25) is 11.8 Å². The first-order valence-electron chi connectivity index (χ1n) is 9.39. The summed E-state index contributed by atoms with van der Waals surface area (Å²) in [4.78, 5) is 26.6. The number of amides is 2. The lowest BCUT2D eigenvalue weighted by atomic mass is 9.97. The van der Waals surface area contributed by atoms with Gasteiger partial charge in [-0.1, -0.05) is 18.6 Å². The van der Waals surface area contributed by atoms with Crippen LogP contribution in [0.5, 0.6) is 0 Å². The zero-order valence-electron chi connectivity index (χ0n) is 14.4. The zero-order valence-corrected chi connectivity index (χ0v) is 14.4. The van der Waals surface area contributed by atoms with Crippen molar-refractivity contribution in [3.8, 4) is 0 Å². The van der Waals surface area contributed by atoms with E-state index in [1.165, 1.54) is 31.3 Å². The summed E-state index contributed by atoms with van der Waals surface area (Å²) in [5.74, 6) is 0.920. The second-order valence-electron chi connectivity index (χ2n) is 7.61. The molecule has 0 radical (unpaired) electrons. The summed E-state index contributed by atoms with van der Waals surface area (Å²) in [5.41, 5.74) is 1.49. The van der Waals surface area contributed by atoms with Crippen LogP contribution in [0.1, 0.15) is 58.3 Å². The van der Waals surface area contributed by atoms with Crippen LogP contribution in [0, 0.1) is 17.8 Å². The molecule has 2 unspecified atom stereocenters. The van der Waals surface area contributed by atoms with Gasteiger partial charge in [0.15, 0.2) is 0 Å². The Bertz CT molecular complexity index is 478. The molecule has 2 fully saturated rings. The molecule has 0 spiro atoms. The van der Waals surface area contributed by atoms with Crippen molar-refractivity contribution in [3.63, 3.8) is 0 Å². The van der Waals surface area contributed by atoms with Crippen LogP contribution in [-0.4, -0.2) is 36.3 Å². The summed E-state index contributed by atoms with van der Waals surface area (Å²) < 4.78 is 0. The fraction of sp³-hybridized carbons (Fsp3) is 0.789. The Balaban J connectivity index is 1.36. The Morgan fingerprint density at radius 1 is 1.22 bits per heavy atom. The van der Waals surface area contributed by atoms with Crippen molar-refractivity contribution in [1.29, 1.82) is 0 Å². The Kier molecular flexibility index (Phi) is 5.39. The quantitative estimate of drug-likeness (QED) is 0.792. The van der Waals surface area contributed by atoms with E-state index in [1.54, 1.807) is 0 Å². The van der Waals surface area contributed by atoms with E-state index in [0.29, 0.717) is 0 Å². The van der Waals surface area contributed by atoms with E-state index >= 15 is 0 Å². The topological polar surface area (TPSA) is 49.4 Å². The van der Waals surface area contributed by atoms with Gasteiger partial charge in [-0.2, -0.15) is 0 Å². The average molecular weight is 318 g/mol. The summed E-state index contributed by atoms with van der Waals surface area (Å²) in [6.45, 7) is 4.72. The van der Waals surface area contributed by atoms with Gasteiger partial charge >= 0.3 is 0 Å². The maximum Gasteiger partial charge on any atom is 0.226 e. The maximum absolute atomic E-state index is 12.4. The Hall–Kier alpha value is -1.32. The van der Waals surface area contributed by atoms with E-state index < -0.39 is 0 Å². The van der Waals surface area contributed by atoms with Gasteiger partial charge in [-0.05, 0) is 57.3 Å². The largest absolute Gasteiger partial charge is 0.356 e. The van der Waals surface area contributed by atoms with Gasteiger partial charge in [-0.25, -0.2) is 0 Å². The highest BCUT2D eigenvalue weighted by molar-refractivity contribution is 5.92. The summed E-state index contributed by atoms with van der Waals surface area (Å²) in [6, 6.07) is 0. The van der Waals surface area contributed by atoms with Crippen molar-refractivity contribution in [3.05, 3.63) is 11.6 Å². The normalized spacial score (nSPS) is 28.2. The van der Waals surface area contributed by atoms with Crippen molar-refractivity contribution >= 4 is 11.8 Å². The molecule has 4 heteroatoms. The van der Waals surface area contributed by atoms with Crippen molar-refractivity contribution in [2.75, 3.05) is 19.6 Å². The predicted molar refractivity (Wildman–Crippen MR) is 90.8 cm³/mol. The maximum atomic E-state index is 12.4. The standard InChI is InChI=1S/C19H30N2O2/c1-14-8-11-21(12-9-14)19(23)17-13-16(17)18(22)20-10-7-15-5-3-2-4-6-15/h5,14,16-17H,2-4,6-13H2,1H3,(H,20,22). The number of hydrogen-bond acceptors (Lipinski definition) is 2. The first kappa shape index (κ1) is 16.5. The molecule has 2 aliphatic carbocycles. The highest BCUT2D eigenvalue weighted by Crippen LogP contribution is 2.40. The lowest BCUT2D eigenvalue weighted by Crippen LogP contribution is -2.39. The van der Waals surface area contributed by atoms with Gasteiger partial charge in [-0.3, -0.25) is 9.59 Å². The summed E-state index contributed by atoms with van der Waals surface area (Å²) >= 11 is 0. The second kappa shape index (κ2) is 7.50. The number of carbonyl (C=O) groups excluding carboxylic acids is 2. The van der Waals surface area contributed by atoms with E-state index in [0.717, 1.165) is 51.2 Å². The molecular formula is C19H30N2O2. The highest BCUT2D eigenvalue weighted by Gasteiger charge is 2.49. The number of piperidine rings is 1. The molecule has 3 aliphatic rings. The molecule has 0 bridgehead atoms. The number of hydrogen-bond donors (Lipinski definition) is 1. The summed E-state index contributed by atoms with van der Waals surface area (Å²) in [5, 5.41) is 3.04. The summed E-state index contributed by atoms with van der Waals surface area (Å²) in [7, 11) is 0. The molecule has 128 valence electrons. The SMILES string of the molecule is CC1CCN(C(=O)C2CC2C(=O)NCCC2=CCCCC2)CC1. The van der Waals surface area contributed by atoms with Crippen LogP contribution in [0.3, 0.4) is 0 Å². The van der Waals surface area contributed by atoms with Crippen molar-refractivity contribution in [2.45, 2.75) is 58.3 Å². The van der Waals surface area contributed by atoms with E-state index in [9.17, 15) is 9.59 Å². The van der Waals surface area contributed by atoms with Crippen LogP contribution in [0.15, 0.2) is 11.6 Å². The second-order valence-corrected chi connectivity index (χ2v) is 7.61. The monoisotopic (exact) mass is 318 g/mol. The van der Waals surface area contributed by atoms with Crippen LogP contribution >= 0.6 is 0 Å². The molecule has 0 aromatic carbocycles. The minimum atomic E-state index is -0.0674. The lowest BCUT2D eigenvalue weighted by Gasteiger charge is -2.30. The molecule has 3 rings (SSSR count). The van der Waals surface area contributed by atoms with Gasteiger partial charge in [0.1, 0.15) is 0 Å². The lowest BCUT2D eigenvalue weighted by molar-refractivity contribution is -0.135. The van der Waals surface area contributed by atoms with E-state index in [2.05, 4.69) is 18.3 Å². The molecule has 4 nitrogen and oxygen atoms in total. The first-order chi connectivity index (χ1) is 11.1. The molecular weight excluding hydrogens is 288 g/mol. The first-order valence-corrected chi connectivity index (χ1v) is 9.39. The van der Waals surface area contributed by atoms with Crippen LogP contribution in [0.4, 0.5) is 0 Å². The molecule has 23 heavy (non-hydrogen) atoms. The van der Waals surface area contributed by atoms with E-state index in [4.69, 9.17) is 0 Å². The van der Waals surface area contributed by atoms with Crippen molar-refractivity contribution < 1.29 is 9.59 Å². The van der Waals surface area contributed by atoms with Gasteiger partial charge in [0.05, 0.1) is 11.8 Å². The minimum absolute atomic E-state index is 0.0442. The molecule has 0 aromatic heterocycles. The smallest absolute Gasteiger partial charge is 0.226 e. The fourth-order valence-electron chi connectivity index (χ4n) is 3.83. The molecule has 2 amide bonds. The number of allylic oxidation sites excluding steroid dienone is 1. The van der Waals surface area contributed by atoms with Gasteiger partial charge in [-0.15, -0.1) is 0 Å². The van der Waals surface area contributed by atoms with Crippen LogP contribution < -0.4 is 5.32 Å². The number of likely N-dealkylation sites (tertiary alicyclic amines) is 1. The van der Waals surface area contributed by atoms with Crippen LogP contribution in [0.2, 0.25) is 0 Å². The van der Waals surface area contributed by atoms with Gasteiger partial charge in [0, 0.05) is 19.6 Å². The molecule has 2 atom stereocenters. The van der Waals surface area contributed by atoms with Crippen LogP contribution in [-0.2, 0) is 9.59 Å². The molecule has 1 heterocycles. The third-order valence-electron chi connectivity index (χ3n) is 5.67. The predicted octanol–water partition coefficient (Wildman–Crippen LogP) is 2.89. The summed E-state index contributed by atoms with van der Waals surface area (Å²) in [6.07, 6.45) is 11.2. The van der Waals surface area contributed by atoms with Gasteiger partial charge < -0.3 is 10.2 Å². The molecule has 1 saturated heterocycles. The number of carbonyl (C=O) groups is 2. The third-order valence-corrected chi connectivity index (χ3v) is 5.67. The third kappa shape index (κ3) is 4.36. The van der Waals surface area contributed by atoms with Crippen molar-refractivity contribution in [1.82, 2.24) is 10.2 Å². The van der Waals surface area contributed by atoms with E-state index in [-0.39, 0.29) is 23.7 Å². The van der Waals surface area contributed by atoms with Crippen LogP contribution in [0.25, 0.3) is 0 Å². The highest BCUT2D eigenvalue weighted by atomic mass is 16.2. The molecule has 1 saturated carbocycles. The number of nitrogens with zero attached hydrogens (tertiary/aromatic N) is 1. The average Bonchev–Trinajstić information content (AvgIpc) is 3.36. The number of nitrogens with one attached hydrogen (secondary N) is 1. The zero-order chi connectivity index (χ0) is 16.2. The van der Waals surface area contributed by atoms with Crippen molar-refractivity contribution in [2.24, 2.45) is 17.8 Å². The molecule has 1 N–H and O–H groups in total. The number of rotatable bonds is 5. The van der Waals surface area contributed by atoms with Gasteiger partial charge in [0.25, 0.3) is 0 Å². The minimum Gasteiger partial charge on any atom is -0.356 e. The van der Waals surface area contributed by atoms with E-state index in [1.807, 2.05) is 4.90 Å². The fourth-order valence-corrected chi connectivity index (χ4v) is 3.83. The molecule has 0 aromatic rings. The Morgan fingerprint density at radius 3 is 2.70 bits per heavy atom. The Labute approximate surface area is 139 Å². The Morgan fingerprint density at radius 2 is 2.00 bits per heavy atom.